The third kappa shape index (κ3) is 3.67. The van der Waals surface area contributed by atoms with Crippen LogP contribution in [0.25, 0.3) is 0 Å². The first-order valence-electron chi connectivity index (χ1n) is 10.1. The molecule has 1 atom stereocenters. The first kappa shape index (κ1) is 19.7. The molecular formula is C23H31NO3. The zero-order valence-corrected chi connectivity index (χ0v) is 16.9. The number of carbonyl (C=O) groups is 2. The molecule has 1 heterocycles. The lowest BCUT2D eigenvalue weighted by Gasteiger charge is -2.37. The normalized spacial score (nSPS) is 21.9. The van der Waals surface area contributed by atoms with E-state index in [0.717, 1.165) is 37.7 Å². The van der Waals surface area contributed by atoms with Crippen LogP contribution in [0.3, 0.4) is 0 Å². The minimum atomic E-state index is -0.659. The van der Waals surface area contributed by atoms with Crippen molar-refractivity contribution in [1.82, 2.24) is 4.90 Å². The minimum Gasteiger partial charge on any atom is -0.503 e. The van der Waals surface area contributed by atoms with Crippen LogP contribution in [0.5, 0.6) is 0 Å². The quantitative estimate of drug-likeness (QED) is 0.822. The second kappa shape index (κ2) is 7.49. The van der Waals surface area contributed by atoms with Crippen LogP contribution in [0.2, 0.25) is 0 Å². The van der Waals surface area contributed by atoms with E-state index in [1.807, 2.05) is 45.0 Å². The summed E-state index contributed by atoms with van der Waals surface area (Å²) in [6.07, 6.45) is 6.14. The SMILES string of the molecule is CCc1ccc(C2C(C(=O)C(C)(C)C)=C(O)C(=O)N2C2CCCCC2)cc1. The highest BCUT2D eigenvalue weighted by Crippen LogP contribution is 2.44. The Morgan fingerprint density at radius 1 is 1.11 bits per heavy atom. The molecule has 1 aromatic carbocycles. The fraction of sp³-hybridized carbons (Fsp3) is 0.565. The molecule has 27 heavy (non-hydrogen) atoms. The Bertz CT molecular complexity index is 749. The summed E-state index contributed by atoms with van der Waals surface area (Å²) in [4.78, 5) is 28.0. The van der Waals surface area contributed by atoms with E-state index in [1.54, 1.807) is 4.90 Å². The lowest BCUT2D eigenvalue weighted by molar-refractivity contribution is -0.132. The number of amides is 1. The Balaban J connectivity index is 2.08. The molecule has 4 heteroatoms. The summed E-state index contributed by atoms with van der Waals surface area (Å²) in [5, 5.41) is 10.7. The van der Waals surface area contributed by atoms with E-state index in [2.05, 4.69) is 6.92 Å². The second-order valence-corrected chi connectivity index (χ2v) is 8.84. The lowest BCUT2D eigenvalue weighted by Crippen LogP contribution is -2.41. The fourth-order valence-electron chi connectivity index (χ4n) is 4.26. The summed E-state index contributed by atoms with van der Waals surface area (Å²) in [7, 11) is 0. The van der Waals surface area contributed by atoms with Crippen LogP contribution in [0.1, 0.15) is 77.0 Å². The molecule has 1 unspecified atom stereocenters. The van der Waals surface area contributed by atoms with Gasteiger partial charge in [-0.05, 0) is 30.4 Å². The van der Waals surface area contributed by atoms with Crippen LogP contribution in [0, 0.1) is 5.41 Å². The second-order valence-electron chi connectivity index (χ2n) is 8.84. The van der Waals surface area contributed by atoms with E-state index in [-0.39, 0.29) is 29.1 Å². The molecule has 0 bridgehead atoms. The molecule has 1 saturated carbocycles. The van der Waals surface area contributed by atoms with Crippen molar-refractivity contribution in [2.24, 2.45) is 5.41 Å². The van der Waals surface area contributed by atoms with Gasteiger partial charge in [0, 0.05) is 11.5 Å². The van der Waals surface area contributed by atoms with Gasteiger partial charge < -0.3 is 10.0 Å². The summed E-state index contributed by atoms with van der Waals surface area (Å²) in [6.45, 7) is 7.60. The van der Waals surface area contributed by atoms with Crippen molar-refractivity contribution in [1.29, 1.82) is 0 Å². The highest BCUT2D eigenvalue weighted by atomic mass is 16.3. The maximum Gasteiger partial charge on any atom is 0.290 e. The number of hydrogen-bond donors (Lipinski definition) is 1. The van der Waals surface area contributed by atoms with Gasteiger partial charge in [-0.2, -0.15) is 0 Å². The number of aryl methyl sites for hydroxylation is 1. The molecule has 1 amide bonds. The maximum atomic E-state index is 13.2. The number of aliphatic hydroxyl groups excluding tert-OH is 1. The summed E-state index contributed by atoms with van der Waals surface area (Å²) >= 11 is 0. The van der Waals surface area contributed by atoms with Crippen molar-refractivity contribution in [2.45, 2.75) is 78.3 Å². The van der Waals surface area contributed by atoms with Crippen LogP contribution in [0.15, 0.2) is 35.6 Å². The predicted octanol–water partition coefficient (Wildman–Crippen LogP) is 4.89. The molecular weight excluding hydrogens is 338 g/mol. The number of carbonyl (C=O) groups excluding carboxylic acids is 2. The van der Waals surface area contributed by atoms with E-state index in [1.165, 1.54) is 12.0 Å². The third-order valence-corrected chi connectivity index (χ3v) is 5.84. The topological polar surface area (TPSA) is 57.6 Å². The number of hydrogen-bond acceptors (Lipinski definition) is 3. The lowest BCUT2D eigenvalue weighted by atomic mass is 9.81. The van der Waals surface area contributed by atoms with Crippen LogP contribution < -0.4 is 0 Å². The number of rotatable bonds is 4. The van der Waals surface area contributed by atoms with Crippen molar-refractivity contribution in [3.05, 3.63) is 46.7 Å². The molecule has 0 radical (unpaired) electrons. The Kier molecular flexibility index (Phi) is 5.45. The number of benzene rings is 1. The number of ketones is 1. The number of Topliss-reactive ketones (excluding diaryl/α,β-unsaturated/α-hetero) is 1. The summed E-state index contributed by atoms with van der Waals surface area (Å²) in [6, 6.07) is 7.69. The predicted molar refractivity (Wildman–Crippen MR) is 106 cm³/mol. The monoisotopic (exact) mass is 369 g/mol. The standard InChI is InChI=1S/C23H31NO3/c1-5-15-11-13-16(14-12-15)19-18(21(26)23(2,3)4)20(25)22(27)24(19)17-9-7-6-8-10-17/h11-14,17,19,25H,5-10H2,1-4H3. The van der Waals surface area contributed by atoms with E-state index < -0.39 is 11.5 Å². The van der Waals surface area contributed by atoms with Crippen LogP contribution in [-0.2, 0) is 16.0 Å². The molecule has 3 rings (SSSR count). The summed E-state index contributed by atoms with van der Waals surface area (Å²) < 4.78 is 0. The summed E-state index contributed by atoms with van der Waals surface area (Å²) in [5.41, 5.74) is 1.72. The third-order valence-electron chi connectivity index (χ3n) is 5.84. The smallest absolute Gasteiger partial charge is 0.290 e. The highest BCUT2D eigenvalue weighted by Gasteiger charge is 2.48. The van der Waals surface area contributed by atoms with Gasteiger partial charge in [-0.15, -0.1) is 0 Å². The molecule has 1 aliphatic carbocycles. The Morgan fingerprint density at radius 2 is 1.70 bits per heavy atom. The Labute approximate surface area is 162 Å². The molecule has 1 aliphatic heterocycles. The van der Waals surface area contributed by atoms with Gasteiger partial charge in [0.25, 0.3) is 5.91 Å². The molecule has 1 fully saturated rings. The van der Waals surface area contributed by atoms with Gasteiger partial charge in [0.2, 0.25) is 0 Å². The molecule has 4 nitrogen and oxygen atoms in total. The minimum absolute atomic E-state index is 0.0783. The number of aliphatic hydroxyl groups is 1. The first-order chi connectivity index (χ1) is 12.8. The van der Waals surface area contributed by atoms with E-state index in [4.69, 9.17) is 0 Å². The Morgan fingerprint density at radius 3 is 2.22 bits per heavy atom. The maximum absolute atomic E-state index is 13.2. The molecule has 146 valence electrons. The van der Waals surface area contributed by atoms with Gasteiger partial charge in [0.05, 0.1) is 11.6 Å². The van der Waals surface area contributed by atoms with Gasteiger partial charge in [-0.1, -0.05) is 71.2 Å². The zero-order chi connectivity index (χ0) is 19.8. The van der Waals surface area contributed by atoms with Crippen molar-refractivity contribution in [3.8, 4) is 0 Å². The summed E-state index contributed by atoms with van der Waals surface area (Å²) in [5.74, 6) is -0.902. The molecule has 0 saturated heterocycles. The van der Waals surface area contributed by atoms with Crippen LogP contribution in [0.4, 0.5) is 0 Å². The molecule has 2 aliphatic rings. The number of nitrogens with zero attached hydrogens (tertiary/aromatic N) is 1. The van der Waals surface area contributed by atoms with Gasteiger partial charge in [-0.3, -0.25) is 9.59 Å². The molecule has 0 spiro atoms. The largest absolute Gasteiger partial charge is 0.503 e. The van der Waals surface area contributed by atoms with Crippen molar-refractivity contribution >= 4 is 11.7 Å². The van der Waals surface area contributed by atoms with Crippen molar-refractivity contribution in [2.75, 3.05) is 0 Å². The van der Waals surface area contributed by atoms with E-state index in [0.29, 0.717) is 0 Å². The Hall–Kier alpha value is -2.10. The molecule has 1 N–H and O–H groups in total. The van der Waals surface area contributed by atoms with Crippen molar-refractivity contribution in [3.63, 3.8) is 0 Å². The van der Waals surface area contributed by atoms with Gasteiger partial charge in [-0.25, -0.2) is 0 Å². The molecule has 1 aromatic rings. The average molecular weight is 370 g/mol. The fourth-order valence-corrected chi connectivity index (χ4v) is 4.26. The first-order valence-corrected chi connectivity index (χ1v) is 10.1. The van der Waals surface area contributed by atoms with Gasteiger partial charge in [0.15, 0.2) is 11.5 Å². The highest BCUT2D eigenvalue weighted by molar-refractivity contribution is 6.10. The zero-order valence-electron chi connectivity index (χ0n) is 16.9. The van der Waals surface area contributed by atoms with Crippen molar-refractivity contribution < 1.29 is 14.7 Å². The average Bonchev–Trinajstić information content (AvgIpc) is 2.92. The van der Waals surface area contributed by atoms with Crippen LogP contribution in [-0.4, -0.2) is 27.7 Å². The van der Waals surface area contributed by atoms with Gasteiger partial charge >= 0.3 is 0 Å². The van der Waals surface area contributed by atoms with E-state index in [9.17, 15) is 14.7 Å². The van der Waals surface area contributed by atoms with E-state index >= 15 is 0 Å². The van der Waals surface area contributed by atoms with Crippen LogP contribution >= 0.6 is 0 Å². The molecule has 0 aromatic heterocycles. The van der Waals surface area contributed by atoms with Gasteiger partial charge in [0.1, 0.15) is 0 Å².